The van der Waals surface area contributed by atoms with E-state index in [0.717, 1.165) is 12.1 Å². The number of ether oxygens (including phenoxy) is 2. The summed E-state index contributed by atoms with van der Waals surface area (Å²) in [4.78, 5) is 12.2. The predicted octanol–water partition coefficient (Wildman–Crippen LogP) is 2.99. The molecule has 156 valence electrons. The van der Waals surface area contributed by atoms with Crippen LogP contribution in [-0.2, 0) is 19.6 Å². The van der Waals surface area contributed by atoms with Crippen LogP contribution in [0.25, 0.3) is 0 Å². The Balaban J connectivity index is 1.43. The molecule has 0 bridgehead atoms. The average Bonchev–Trinajstić information content (AvgIpc) is 2.73. The van der Waals surface area contributed by atoms with E-state index in [1.807, 2.05) is 0 Å². The normalized spacial score (nSPS) is 15.8. The number of carbonyl (C=O) groups excluding carboxylic acids is 1. The number of piperidine rings is 1. The summed E-state index contributed by atoms with van der Waals surface area (Å²) in [6, 6.07) is 10.2. The zero-order valence-corrected chi connectivity index (χ0v) is 16.4. The molecule has 0 unspecified atom stereocenters. The van der Waals surface area contributed by atoms with Gasteiger partial charge in [0.25, 0.3) is 0 Å². The lowest BCUT2D eigenvalue weighted by Gasteiger charge is -2.30. The molecule has 1 heterocycles. The van der Waals surface area contributed by atoms with Crippen LogP contribution in [0.5, 0.6) is 5.75 Å². The van der Waals surface area contributed by atoms with Gasteiger partial charge in [0.1, 0.15) is 30.6 Å². The van der Waals surface area contributed by atoms with E-state index in [0.29, 0.717) is 18.6 Å². The van der Waals surface area contributed by atoms with E-state index in [4.69, 9.17) is 9.47 Å². The summed E-state index contributed by atoms with van der Waals surface area (Å²) in [5, 5.41) is 0. The molecule has 0 aliphatic carbocycles. The zero-order valence-electron chi connectivity index (χ0n) is 15.6. The van der Waals surface area contributed by atoms with Crippen LogP contribution in [-0.4, -0.2) is 45.0 Å². The Morgan fingerprint density at radius 1 is 0.931 bits per heavy atom. The third-order valence-corrected chi connectivity index (χ3v) is 6.56. The summed E-state index contributed by atoms with van der Waals surface area (Å²) in [6.45, 7) is 0.552. The maximum atomic E-state index is 13.0. The van der Waals surface area contributed by atoms with Crippen molar-refractivity contribution in [2.24, 2.45) is 5.92 Å². The minimum absolute atomic E-state index is 0.0258. The minimum Gasteiger partial charge on any atom is -0.490 e. The van der Waals surface area contributed by atoms with Crippen LogP contribution < -0.4 is 4.74 Å². The van der Waals surface area contributed by atoms with Crippen molar-refractivity contribution in [2.45, 2.75) is 17.7 Å². The molecule has 0 N–H and O–H groups in total. The van der Waals surface area contributed by atoms with Gasteiger partial charge in [-0.3, -0.25) is 4.79 Å². The first-order chi connectivity index (χ1) is 13.9. The van der Waals surface area contributed by atoms with Gasteiger partial charge in [-0.05, 0) is 61.4 Å². The minimum atomic E-state index is -3.71. The number of benzene rings is 2. The summed E-state index contributed by atoms with van der Waals surface area (Å²) in [7, 11) is -3.71. The van der Waals surface area contributed by atoms with Crippen molar-refractivity contribution < 1.29 is 31.5 Å². The molecule has 29 heavy (non-hydrogen) atoms. The highest BCUT2D eigenvalue weighted by Gasteiger charge is 2.32. The molecule has 3 rings (SSSR count). The fourth-order valence-electron chi connectivity index (χ4n) is 3.04. The molecule has 0 radical (unpaired) electrons. The highest BCUT2D eigenvalue weighted by molar-refractivity contribution is 7.89. The first kappa shape index (κ1) is 21.2. The Labute approximate surface area is 168 Å². The zero-order chi connectivity index (χ0) is 20.9. The second-order valence-corrected chi connectivity index (χ2v) is 8.54. The maximum absolute atomic E-state index is 13.0. The SMILES string of the molecule is O=C(OCCOc1ccc(F)cc1)C1CCN(S(=O)(=O)c2ccc(F)cc2)CC1. The molecular weight excluding hydrogens is 404 g/mol. The Hall–Kier alpha value is -2.52. The molecule has 1 saturated heterocycles. The van der Waals surface area contributed by atoms with Crippen molar-refractivity contribution in [3.05, 3.63) is 60.2 Å². The Morgan fingerprint density at radius 3 is 2.07 bits per heavy atom. The third-order valence-electron chi connectivity index (χ3n) is 4.65. The van der Waals surface area contributed by atoms with Gasteiger partial charge in [0, 0.05) is 13.1 Å². The number of esters is 1. The largest absolute Gasteiger partial charge is 0.490 e. The number of hydrogen-bond acceptors (Lipinski definition) is 5. The van der Waals surface area contributed by atoms with Gasteiger partial charge in [-0.2, -0.15) is 4.31 Å². The lowest BCUT2D eigenvalue weighted by molar-refractivity contribution is -0.150. The molecule has 0 atom stereocenters. The summed E-state index contributed by atoms with van der Waals surface area (Å²) >= 11 is 0. The summed E-state index contributed by atoms with van der Waals surface area (Å²) in [5.74, 6) is -1.18. The van der Waals surface area contributed by atoms with Crippen molar-refractivity contribution in [3.8, 4) is 5.75 Å². The average molecular weight is 425 g/mol. The van der Waals surface area contributed by atoms with Crippen molar-refractivity contribution in [1.82, 2.24) is 4.31 Å². The molecule has 6 nitrogen and oxygen atoms in total. The molecule has 0 spiro atoms. The van der Waals surface area contributed by atoms with Gasteiger partial charge in [-0.25, -0.2) is 17.2 Å². The topological polar surface area (TPSA) is 72.9 Å². The van der Waals surface area contributed by atoms with Crippen LogP contribution in [0.4, 0.5) is 8.78 Å². The number of hydrogen-bond donors (Lipinski definition) is 0. The molecule has 2 aromatic rings. The van der Waals surface area contributed by atoms with Crippen molar-refractivity contribution in [2.75, 3.05) is 26.3 Å². The Morgan fingerprint density at radius 2 is 1.48 bits per heavy atom. The molecule has 1 fully saturated rings. The van der Waals surface area contributed by atoms with E-state index in [-0.39, 0.29) is 42.9 Å². The van der Waals surface area contributed by atoms with E-state index in [2.05, 4.69) is 0 Å². The number of nitrogens with zero attached hydrogens (tertiary/aromatic N) is 1. The fraction of sp³-hybridized carbons (Fsp3) is 0.350. The lowest BCUT2D eigenvalue weighted by Crippen LogP contribution is -2.40. The summed E-state index contributed by atoms with van der Waals surface area (Å²) in [6.07, 6.45) is 0.691. The fourth-order valence-corrected chi connectivity index (χ4v) is 4.51. The van der Waals surface area contributed by atoms with E-state index in [1.165, 1.54) is 40.7 Å². The van der Waals surface area contributed by atoms with Crippen LogP contribution in [0.2, 0.25) is 0 Å². The number of sulfonamides is 1. The van der Waals surface area contributed by atoms with Gasteiger partial charge >= 0.3 is 5.97 Å². The predicted molar refractivity (Wildman–Crippen MR) is 101 cm³/mol. The van der Waals surface area contributed by atoms with Crippen LogP contribution in [0.3, 0.4) is 0 Å². The van der Waals surface area contributed by atoms with Gasteiger partial charge in [0.15, 0.2) is 0 Å². The third kappa shape index (κ3) is 5.51. The van der Waals surface area contributed by atoms with E-state index in [9.17, 15) is 22.0 Å². The van der Waals surface area contributed by atoms with Gasteiger partial charge in [0.2, 0.25) is 10.0 Å². The number of carbonyl (C=O) groups is 1. The van der Waals surface area contributed by atoms with Crippen molar-refractivity contribution >= 4 is 16.0 Å². The quantitative estimate of drug-likeness (QED) is 0.504. The van der Waals surface area contributed by atoms with Gasteiger partial charge in [-0.15, -0.1) is 0 Å². The molecular formula is C20H21F2NO5S. The molecule has 1 aliphatic heterocycles. The first-order valence-corrected chi connectivity index (χ1v) is 10.6. The van der Waals surface area contributed by atoms with Crippen molar-refractivity contribution in [1.29, 1.82) is 0 Å². The highest BCUT2D eigenvalue weighted by Crippen LogP contribution is 2.24. The van der Waals surface area contributed by atoms with Crippen LogP contribution in [0, 0.1) is 17.6 Å². The first-order valence-electron chi connectivity index (χ1n) is 9.17. The summed E-state index contributed by atoms with van der Waals surface area (Å²) in [5.41, 5.74) is 0. The molecule has 0 aromatic heterocycles. The summed E-state index contributed by atoms with van der Waals surface area (Å²) < 4.78 is 62.9. The van der Waals surface area contributed by atoms with E-state index >= 15 is 0 Å². The molecule has 9 heteroatoms. The second-order valence-electron chi connectivity index (χ2n) is 6.60. The number of halogens is 2. The monoisotopic (exact) mass is 425 g/mol. The van der Waals surface area contributed by atoms with Gasteiger partial charge in [-0.1, -0.05) is 0 Å². The molecule has 0 amide bonds. The number of rotatable bonds is 7. The standard InChI is InChI=1S/C20H21F2NO5S/c21-16-1-5-18(6-2-16)27-13-14-28-20(24)15-9-11-23(12-10-15)29(25,26)19-7-3-17(22)4-8-19/h1-8,15H,9-14H2. The van der Waals surface area contributed by atoms with E-state index < -0.39 is 21.8 Å². The lowest BCUT2D eigenvalue weighted by atomic mass is 9.98. The van der Waals surface area contributed by atoms with Crippen LogP contribution >= 0.6 is 0 Å². The van der Waals surface area contributed by atoms with Crippen LogP contribution in [0.1, 0.15) is 12.8 Å². The molecule has 0 saturated carbocycles. The van der Waals surface area contributed by atoms with Gasteiger partial charge in [0.05, 0.1) is 10.8 Å². The highest BCUT2D eigenvalue weighted by atomic mass is 32.2. The Bertz CT molecular complexity index is 924. The smallest absolute Gasteiger partial charge is 0.309 e. The second kappa shape index (κ2) is 9.32. The Kier molecular flexibility index (Phi) is 6.81. The maximum Gasteiger partial charge on any atom is 0.309 e. The van der Waals surface area contributed by atoms with Crippen molar-refractivity contribution in [3.63, 3.8) is 0 Å². The molecule has 1 aliphatic rings. The molecule has 2 aromatic carbocycles. The van der Waals surface area contributed by atoms with Crippen LogP contribution in [0.15, 0.2) is 53.4 Å². The van der Waals surface area contributed by atoms with Gasteiger partial charge < -0.3 is 9.47 Å². The van der Waals surface area contributed by atoms with E-state index in [1.54, 1.807) is 0 Å².